The lowest BCUT2D eigenvalue weighted by molar-refractivity contribution is -0.111. The average molecular weight is 346 g/mol. The molecule has 0 radical (unpaired) electrons. The monoisotopic (exact) mass is 346 g/mol. The Morgan fingerprint density at radius 1 is 1.31 bits per heavy atom. The highest BCUT2D eigenvalue weighted by Crippen LogP contribution is 2.21. The fraction of sp³-hybridized carbons (Fsp3) is 0.100. The van der Waals surface area contributed by atoms with Crippen molar-refractivity contribution in [2.45, 2.75) is 13.7 Å². The van der Waals surface area contributed by atoms with Gasteiger partial charge in [-0.25, -0.2) is 0 Å². The number of fused-ring (bicyclic) bond motifs is 1. The summed E-state index contributed by atoms with van der Waals surface area (Å²) >= 11 is 0. The highest BCUT2D eigenvalue weighted by atomic mass is 16.5. The van der Waals surface area contributed by atoms with Crippen LogP contribution >= 0.6 is 0 Å². The van der Waals surface area contributed by atoms with Gasteiger partial charge in [0.05, 0.1) is 17.1 Å². The number of nitrogens with one attached hydrogen (secondary N) is 1. The third kappa shape index (κ3) is 4.02. The van der Waals surface area contributed by atoms with Crippen molar-refractivity contribution >= 4 is 22.5 Å². The van der Waals surface area contributed by atoms with Gasteiger partial charge in [-0.2, -0.15) is 5.26 Å². The second kappa shape index (κ2) is 7.45. The molecule has 0 atom stereocenters. The maximum atomic E-state index is 11.8. The first-order chi connectivity index (χ1) is 12.5. The minimum absolute atomic E-state index is 0.271. The van der Waals surface area contributed by atoms with E-state index in [2.05, 4.69) is 11.4 Å². The van der Waals surface area contributed by atoms with Crippen molar-refractivity contribution in [3.63, 3.8) is 0 Å². The fourth-order valence-electron chi connectivity index (χ4n) is 2.56. The predicted molar refractivity (Wildman–Crippen MR) is 100 cm³/mol. The molecule has 6 heteroatoms. The Kier molecular flexibility index (Phi) is 4.90. The number of allylic oxidation sites excluding steroid dienone is 1. The molecule has 26 heavy (non-hydrogen) atoms. The fourth-order valence-corrected chi connectivity index (χ4v) is 2.56. The number of hydrogen-bond donors (Lipinski definition) is 2. The largest absolute Gasteiger partial charge is 0.473 e. The molecule has 1 aromatic heterocycles. The molecule has 6 nitrogen and oxygen atoms in total. The van der Waals surface area contributed by atoms with Crippen LogP contribution in [0.5, 0.6) is 5.75 Å². The zero-order valence-corrected chi connectivity index (χ0v) is 14.3. The van der Waals surface area contributed by atoms with E-state index in [1.54, 1.807) is 31.2 Å². The van der Waals surface area contributed by atoms with E-state index in [4.69, 9.17) is 15.7 Å². The molecular weight excluding hydrogens is 328 g/mol. The maximum Gasteiger partial charge on any atom is 0.250 e. The van der Waals surface area contributed by atoms with Crippen LogP contribution < -0.4 is 15.8 Å². The van der Waals surface area contributed by atoms with Gasteiger partial charge in [-0.15, -0.1) is 0 Å². The topological polar surface area (TPSA) is 93.1 Å². The Morgan fingerprint density at radius 2 is 2.15 bits per heavy atom. The molecule has 0 aliphatic carbocycles. The van der Waals surface area contributed by atoms with Crippen molar-refractivity contribution < 1.29 is 9.53 Å². The van der Waals surface area contributed by atoms with Crippen LogP contribution in [0.3, 0.4) is 0 Å². The molecule has 0 saturated heterocycles. The van der Waals surface area contributed by atoms with Gasteiger partial charge in [-0.3, -0.25) is 4.79 Å². The van der Waals surface area contributed by atoms with E-state index in [1.165, 1.54) is 6.08 Å². The number of aromatic nitrogens is 1. The molecule has 130 valence electrons. The molecule has 3 N–H and O–H groups in total. The van der Waals surface area contributed by atoms with E-state index < -0.39 is 0 Å². The van der Waals surface area contributed by atoms with Crippen molar-refractivity contribution in [2.24, 2.45) is 5.73 Å². The summed E-state index contributed by atoms with van der Waals surface area (Å²) in [5, 5.41) is 12.8. The first-order valence-electron chi connectivity index (χ1n) is 8.02. The summed E-state index contributed by atoms with van der Waals surface area (Å²) in [6.45, 7) is 1.95. The lowest BCUT2D eigenvalue weighted by Crippen LogP contribution is -2.10. The summed E-state index contributed by atoms with van der Waals surface area (Å²) < 4.78 is 7.70. The average Bonchev–Trinajstić information content (AvgIpc) is 3.01. The number of anilines is 1. The lowest BCUT2D eigenvalue weighted by atomic mass is 10.2. The summed E-state index contributed by atoms with van der Waals surface area (Å²) in [5.41, 5.74) is 8.11. The zero-order valence-electron chi connectivity index (χ0n) is 14.3. The number of carbonyl (C=O) groups is 1. The second-order valence-electron chi connectivity index (χ2n) is 5.85. The third-order valence-corrected chi connectivity index (χ3v) is 3.73. The summed E-state index contributed by atoms with van der Waals surface area (Å²) in [7, 11) is 0. The number of nitriles is 1. The normalized spacial score (nSPS) is 11.2. The number of benzene rings is 2. The summed E-state index contributed by atoms with van der Waals surface area (Å²) in [6.07, 6.45) is 3.25. The van der Waals surface area contributed by atoms with Crippen molar-refractivity contribution in [3.8, 4) is 11.8 Å². The number of amides is 1. The molecule has 0 unspecified atom stereocenters. The van der Waals surface area contributed by atoms with Crippen LogP contribution in [-0.2, 0) is 11.5 Å². The van der Waals surface area contributed by atoms with Gasteiger partial charge in [0.1, 0.15) is 5.75 Å². The molecule has 0 aliphatic rings. The zero-order chi connectivity index (χ0) is 18.5. The lowest BCUT2D eigenvalue weighted by Gasteiger charge is -2.10. The van der Waals surface area contributed by atoms with Gasteiger partial charge in [0.2, 0.25) is 5.91 Å². The van der Waals surface area contributed by atoms with Gasteiger partial charge in [0, 0.05) is 23.7 Å². The highest BCUT2D eigenvalue weighted by Gasteiger charge is 2.05. The van der Waals surface area contributed by atoms with Crippen molar-refractivity contribution in [1.29, 1.82) is 5.26 Å². The molecule has 2 aromatic carbocycles. The predicted octanol–water partition coefficient (Wildman–Crippen LogP) is 3.35. The Hall–Kier alpha value is -3.72. The molecule has 3 aromatic rings. The quantitative estimate of drug-likeness (QED) is 0.693. The molecule has 0 aliphatic heterocycles. The van der Waals surface area contributed by atoms with Crippen LogP contribution in [0.4, 0.5) is 5.69 Å². The molecule has 1 amide bonds. The Labute approximate surface area is 151 Å². The Bertz CT molecular complexity index is 1020. The smallest absolute Gasteiger partial charge is 0.250 e. The van der Waals surface area contributed by atoms with E-state index >= 15 is 0 Å². The van der Waals surface area contributed by atoms with Gasteiger partial charge in [-0.05, 0) is 48.7 Å². The summed E-state index contributed by atoms with van der Waals surface area (Å²) in [5.74, 6) is 0.353. The molecule has 1 heterocycles. The van der Waals surface area contributed by atoms with Crippen LogP contribution in [0, 0.1) is 11.3 Å². The molecule has 0 bridgehead atoms. The second-order valence-corrected chi connectivity index (χ2v) is 5.85. The van der Waals surface area contributed by atoms with Gasteiger partial charge >= 0.3 is 0 Å². The minimum Gasteiger partial charge on any atom is -0.473 e. The molecule has 0 spiro atoms. The number of hydrogen-bond acceptors (Lipinski definition) is 4. The van der Waals surface area contributed by atoms with E-state index in [0.717, 1.165) is 10.9 Å². The highest BCUT2D eigenvalue weighted by molar-refractivity contribution is 6.00. The van der Waals surface area contributed by atoms with E-state index in [9.17, 15) is 4.79 Å². The standard InChI is InChI=1S/C20H18N4O2/c1-14(22)9-20(25)23-17-6-5-16-7-8-24(19(16)11-17)13-26-18-4-2-3-15(10-18)12-21/h2-11H,13,22H2,1H3,(H,23,25)/b14-9+. The summed E-state index contributed by atoms with van der Waals surface area (Å²) in [6, 6.07) is 16.7. The van der Waals surface area contributed by atoms with Crippen LogP contribution in [0.1, 0.15) is 12.5 Å². The van der Waals surface area contributed by atoms with E-state index in [1.807, 2.05) is 35.0 Å². The Morgan fingerprint density at radius 3 is 2.92 bits per heavy atom. The molecular formula is C20H18N4O2. The van der Waals surface area contributed by atoms with Crippen LogP contribution in [0.2, 0.25) is 0 Å². The maximum absolute atomic E-state index is 11.8. The van der Waals surface area contributed by atoms with Gasteiger partial charge in [0.15, 0.2) is 6.73 Å². The first-order valence-corrected chi connectivity index (χ1v) is 8.02. The number of carbonyl (C=O) groups excluding carboxylic acids is 1. The number of nitrogens with zero attached hydrogens (tertiary/aromatic N) is 2. The number of nitrogens with two attached hydrogens (primary N) is 1. The molecule has 0 fully saturated rings. The van der Waals surface area contributed by atoms with Crippen molar-refractivity contribution in [2.75, 3.05) is 5.32 Å². The van der Waals surface area contributed by atoms with E-state index in [0.29, 0.717) is 22.7 Å². The number of rotatable bonds is 5. The first kappa shape index (κ1) is 17.1. The SMILES string of the molecule is C/C(N)=C\C(=O)Nc1ccc2ccn(COc3cccc(C#N)c3)c2c1. The van der Waals surface area contributed by atoms with Gasteiger partial charge < -0.3 is 20.4 Å². The third-order valence-electron chi connectivity index (χ3n) is 3.73. The number of ether oxygens (including phenoxy) is 1. The molecule has 3 rings (SSSR count). The van der Waals surface area contributed by atoms with E-state index in [-0.39, 0.29) is 12.6 Å². The molecule has 0 saturated carbocycles. The van der Waals surface area contributed by atoms with Crippen LogP contribution in [0.15, 0.2) is 66.5 Å². The minimum atomic E-state index is -0.271. The summed E-state index contributed by atoms with van der Waals surface area (Å²) in [4.78, 5) is 11.8. The van der Waals surface area contributed by atoms with Crippen molar-refractivity contribution in [3.05, 3.63) is 72.1 Å². The van der Waals surface area contributed by atoms with Crippen LogP contribution in [0.25, 0.3) is 10.9 Å². The Balaban J connectivity index is 1.78. The van der Waals surface area contributed by atoms with Gasteiger partial charge in [0.25, 0.3) is 0 Å². The van der Waals surface area contributed by atoms with Crippen LogP contribution in [-0.4, -0.2) is 10.5 Å². The van der Waals surface area contributed by atoms with Gasteiger partial charge in [-0.1, -0.05) is 12.1 Å². The van der Waals surface area contributed by atoms with Crippen molar-refractivity contribution in [1.82, 2.24) is 4.57 Å².